The Balaban J connectivity index is 2.56. The highest BCUT2D eigenvalue weighted by Crippen LogP contribution is 2.33. The summed E-state index contributed by atoms with van der Waals surface area (Å²) in [5, 5.41) is 0.790. The van der Waals surface area contributed by atoms with Crippen LogP contribution < -0.4 is 27.9 Å². The van der Waals surface area contributed by atoms with Gasteiger partial charge in [0.05, 0.1) is 27.5 Å². The molecular formula is C16H9N3O3S. The topological polar surface area (TPSA) is 119 Å². The third kappa shape index (κ3) is 1.51. The van der Waals surface area contributed by atoms with E-state index in [0.29, 0.717) is 0 Å². The minimum absolute atomic E-state index is 0.0143. The predicted molar refractivity (Wildman–Crippen MR) is 94.2 cm³/mol. The van der Waals surface area contributed by atoms with Gasteiger partial charge in [0.25, 0.3) is 5.56 Å². The Hall–Kier alpha value is -3.06. The van der Waals surface area contributed by atoms with Gasteiger partial charge in [0.1, 0.15) is 4.64 Å². The number of aromatic amines is 1. The molecule has 4 aromatic rings. The molecule has 0 aliphatic carbocycles. The maximum atomic E-state index is 12.8. The lowest BCUT2D eigenvalue weighted by Crippen LogP contribution is -2.17. The number of anilines is 2. The Kier molecular flexibility index (Phi) is 2.50. The number of fused-ring (bicyclic) bond motifs is 3. The van der Waals surface area contributed by atoms with E-state index in [0.717, 1.165) is 0 Å². The van der Waals surface area contributed by atoms with Gasteiger partial charge in [-0.15, -0.1) is 0 Å². The van der Waals surface area contributed by atoms with E-state index in [-0.39, 0.29) is 48.3 Å². The SMILES string of the molecule is Nc1c2c(=O)[nH]c(=S)c2c(N)c2c(=O)c3ccccc3c(=O)c12. The van der Waals surface area contributed by atoms with Crippen molar-refractivity contribution < 1.29 is 0 Å². The molecule has 0 aliphatic heterocycles. The molecule has 0 fully saturated rings. The van der Waals surface area contributed by atoms with Crippen LogP contribution in [0, 0.1) is 4.64 Å². The van der Waals surface area contributed by atoms with Gasteiger partial charge < -0.3 is 16.5 Å². The first-order valence-corrected chi connectivity index (χ1v) is 7.13. The molecule has 0 aliphatic rings. The van der Waals surface area contributed by atoms with E-state index in [2.05, 4.69) is 4.98 Å². The van der Waals surface area contributed by atoms with Gasteiger partial charge in [-0.1, -0.05) is 36.5 Å². The summed E-state index contributed by atoms with van der Waals surface area (Å²) < 4.78 is 0.108. The average molecular weight is 323 g/mol. The highest BCUT2D eigenvalue weighted by atomic mass is 32.1. The Morgan fingerprint density at radius 3 is 1.78 bits per heavy atom. The molecule has 0 unspecified atom stereocenters. The van der Waals surface area contributed by atoms with Gasteiger partial charge in [0.2, 0.25) is 0 Å². The zero-order valence-corrected chi connectivity index (χ0v) is 12.4. The van der Waals surface area contributed by atoms with Crippen LogP contribution in [0.1, 0.15) is 0 Å². The number of nitrogen functional groups attached to an aromatic ring is 2. The van der Waals surface area contributed by atoms with E-state index >= 15 is 0 Å². The Bertz CT molecular complexity index is 1260. The van der Waals surface area contributed by atoms with Gasteiger partial charge in [-0.05, 0) is 0 Å². The number of benzene rings is 3. The molecule has 23 heavy (non-hydrogen) atoms. The van der Waals surface area contributed by atoms with E-state index in [1.54, 1.807) is 24.3 Å². The summed E-state index contributed by atoms with van der Waals surface area (Å²) in [6, 6.07) is 6.43. The smallest absolute Gasteiger partial charge is 0.259 e. The highest BCUT2D eigenvalue weighted by Gasteiger charge is 2.21. The maximum Gasteiger partial charge on any atom is 0.259 e. The van der Waals surface area contributed by atoms with Crippen LogP contribution in [-0.4, -0.2) is 4.98 Å². The fourth-order valence-corrected chi connectivity index (χ4v) is 3.41. The summed E-state index contributed by atoms with van der Waals surface area (Å²) in [4.78, 5) is 40.0. The molecular weight excluding hydrogens is 314 g/mol. The van der Waals surface area contributed by atoms with Gasteiger partial charge in [-0.25, -0.2) is 0 Å². The number of rotatable bonds is 0. The van der Waals surface area contributed by atoms with Crippen LogP contribution in [0.2, 0.25) is 0 Å². The largest absolute Gasteiger partial charge is 0.398 e. The molecule has 3 aromatic carbocycles. The molecule has 1 heterocycles. The number of H-pyrrole nitrogens is 1. The van der Waals surface area contributed by atoms with Crippen molar-refractivity contribution in [3.05, 3.63) is 59.7 Å². The molecule has 0 bridgehead atoms. The minimum atomic E-state index is -0.517. The van der Waals surface area contributed by atoms with Crippen LogP contribution in [0.25, 0.3) is 32.3 Å². The molecule has 0 spiro atoms. The summed E-state index contributed by atoms with van der Waals surface area (Å²) >= 11 is 5.09. The quantitative estimate of drug-likeness (QED) is 0.194. The third-order valence-electron chi connectivity index (χ3n) is 4.13. The van der Waals surface area contributed by atoms with Crippen molar-refractivity contribution >= 4 is 55.9 Å². The Labute approximate surface area is 132 Å². The molecule has 1 aromatic heterocycles. The standard InChI is InChI=1S/C16H9N3O3S/c17-11-7-8(12(18)10-9(11)15(22)19-16(10)23)14(21)6-4-2-1-3-5(6)13(7)20/h1-4H,17-18H2,(H,19,22,23). The fraction of sp³-hybridized carbons (Fsp3) is 0. The summed E-state index contributed by atoms with van der Waals surface area (Å²) in [6.45, 7) is 0. The van der Waals surface area contributed by atoms with Crippen LogP contribution in [0.3, 0.4) is 0 Å². The molecule has 7 heteroatoms. The third-order valence-corrected chi connectivity index (χ3v) is 4.44. The summed E-state index contributed by atoms with van der Waals surface area (Å²) in [6.07, 6.45) is 0. The number of nitrogens with two attached hydrogens (primary N) is 2. The van der Waals surface area contributed by atoms with Crippen molar-refractivity contribution in [1.82, 2.24) is 4.98 Å². The normalized spacial score (nSPS) is 11.7. The first-order chi connectivity index (χ1) is 10.9. The van der Waals surface area contributed by atoms with Gasteiger partial charge in [-0.2, -0.15) is 0 Å². The molecule has 5 N–H and O–H groups in total. The predicted octanol–water partition coefficient (Wildman–Crippen LogP) is 1.32. The summed E-state index contributed by atoms with van der Waals surface area (Å²) in [7, 11) is 0. The Morgan fingerprint density at radius 2 is 1.26 bits per heavy atom. The van der Waals surface area contributed by atoms with Gasteiger partial charge in [0, 0.05) is 16.2 Å². The average Bonchev–Trinajstić information content (AvgIpc) is 2.83. The molecule has 112 valence electrons. The number of hydrogen-bond donors (Lipinski definition) is 3. The monoisotopic (exact) mass is 323 g/mol. The van der Waals surface area contributed by atoms with Crippen molar-refractivity contribution in [2.75, 3.05) is 11.5 Å². The molecule has 0 radical (unpaired) electrons. The molecule has 6 nitrogen and oxygen atoms in total. The first kappa shape index (κ1) is 13.6. The number of hydrogen-bond acceptors (Lipinski definition) is 6. The van der Waals surface area contributed by atoms with Gasteiger partial charge >= 0.3 is 0 Å². The van der Waals surface area contributed by atoms with Crippen LogP contribution >= 0.6 is 12.2 Å². The van der Waals surface area contributed by atoms with Crippen LogP contribution in [0.5, 0.6) is 0 Å². The van der Waals surface area contributed by atoms with Crippen molar-refractivity contribution in [2.24, 2.45) is 0 Å². The zero-order chi connectivity index (χ0) is 16.5. The van der Waals surface area contributed by atoms with Crippen molar-refractivity contribution in [3.8, 4) is 0 Å². The van der Waals surface area contributed by atoms with Crippen LogP contribution in [0.4, 0.5) is 11.4 Å². The summed E-state index contributed by atoms with van der Waals surface area (Å²) in [5.74, 6) is 0. The lowest BCUT2D eigenvalue weighted by Gasteiger charge is -2.08. The number of aromatic nitrogens is 1. The molecule has 0 saturated heterocycles. The van der Waals surface area contributed by atoms with Crippen LogP contribution in [-0.2, 0) is 0 Å². The van der Waals surface area contributed by atoms with Crippen LogP contribution in [0.15, 0.2) is 38.6 Å². The molecule has 0 saturated carbocycles. The van der Waals surface area contributed by atoms with E-state index in [1.807, 2.05) is 0 Å². The zero-order valence-electron chi connectivity index (χ0n) is 11.6. The van der Waals surface area contributed by atoms with Gasteiger partial charge in [-0.3, -0.25) is 14.4 Å². The molecule has 0 atom stereocenters. The molecule has 4 rings (SSSR count). The second-order valence-electron chi connectivity index (χ2n) is 5.31. The second kappa shape index (κ2) is 4.23. The summed E-state index contributed by atoms with van der Waals surface area (Å²) in [5.41, 5.74) is 10.7. The fourth-order valence-electron chi connectivity index (χ4n) is 3.11. The van der Waals surface area contributed by atoms with Crippen molar-refractivity contribution in [1.29, 1.82) is 0 Å². The van der Waals surface area contributed by atoms with E-state index in [1.165, 1.54) is 0 Å². The van der Waals surface area contributed by atoms with E-state index in [9.17, 15) is 14.4 Å². The second-order valence-corrected chi connectivity index (χ2v) is 5.72. The van der Waals surface area contributed by atoms with Crippen molar-refractivity contribution in [2.45, 2.75) is 0 Å². The lowest BCUT2D eigenvalue weighted by atomic mass is 9.97. The minimum Gasteiger partial charge on any atom is -0.398 e. The molecule has 0 amide bonds. The Morgan fingerprint density at radius 1 is 0.783 bits per heavy atom. The first-order valence-electron chi connectivity index (χ1n) is 6.72. The van der Waals surface area contributed by atoms with Crippen molar-refractivity contribution in [3.63, 3.8) is 0 Å². The maximum absolute atomic E-state index is 12.8. The van der Waals surface area contributed by atoms with E-state index < -0.39 is 16.4 Å². The number of nitrogens with one attached hydrogen (secondary N) is 1. The van der Waals surface area contributed by atoms with E-state index in [4.69, 9.17) is 23.7 Å². The highest BCUT2D eigenvalue weighted by molar-refractivity contribution is 7.71. The van der Waals surface area contributed by atoms with Gasteiger partial charge in [0.15, 0.2) is 10.9 Å². The lowest BCUT2D eigenvalue weighted by molar-refractivity contribution is 1.31.